The van der Waals surface area contributed by atoms with Gasteiger partial charge >= 0.3 is 0 Å². The first-order valence-electron chi connectivity index (χ1n) is 5.80. The second kappa shape index (κ2) is 5.95. The first-order chi connectivity index (χ1) is 9.02. The number of ether oxygens (including phenoxy) is 1. The van der Waals surface area contributed by atoms with Gasteiger partial charge in [-0.15, -0.1) is 0 Å². The molecule has 2 aromatic rings. The van der Waals surface area contributed by atoms with Gasteiger partial charge in [-0.3, -0.25) is 0 Å². The van der Waals surface area contributed by atoms with Crippen molar-refractivity contribution in [2.75, 3.05) is 7.11 Å². The third-order valence-electron chi connectivity index (χ3n) is 2.99. The van der Waals surface area contributed by atoms with E-state index in [0.717, 1.165) is 21.2 Å². The molecule has 0 bridgehead atoms. The number of aryl methyl sites for hydroxylation is 1. The highest BCUT2D eigenvalue weighted by molar-refractivity contribution is 9.10. The SMILES string of the molecule is COc1ccc(C(O)c2ccc(Br)c(C)c2)cc1Cl. The summed E-state index contributed by atoms with van der Waals surface area (Å²) in [6.45, 7) is 1.99. The zero-order chi connectivity index (χ0) is 14.0. The predicted molar refractivity (Wildman–Crippen MR) is 80.9 cm³/mol. The Balaban J connectivity index is 2.35. The van der Waals surface area contributed by atoms with Crippen molar-refractivity contribution in [3.05, 3.63) is 62.6 Å². The molecular weight excluding hydrogens is 328 g/mol. The number of methoxy groups -OCH3 is 1. The van der Waals surface area contributed by atoms with E-state index in [4.69, 9.17) is 16.3 Å². The summed E-state index contributed by atoms with van der Waals surface area (Å²) in [5.74, 6) is 0.601. The molecule has 0 aliphatic rings. The van der Waals surface area contributed by atoms with Gasteiger partial charge in [0.25, 0.3) is 0 Å². The van der Waals surface area contributed by atoms with Crippen LogP contribution in [0.4, 0.5) is 0 Å². The van der Waals surface area contributed by atoms with Gasteiger partial charge < -0.3 is 9.84 Å². The largest absolute Gasteiger partial charge is 0.495 e. The van der Waals surface area contributed by atoms with E-state index in [9.17, 15) is 5.11 Å². The summed E-state index contributed by atoms with van der Waals surface area (Å²) in [7, 11) is 1.56. The van der Waals surface area contributed by atoms with Gasteiger partial charge in [0, 0.05) is 4.47 Å². The highest BCUT2D eigenvalue weighted by Crippen LogP contribution is 2.31. The Labute approximate surface area is 126 Å². The van der Waals surface area contributed by atoms with Gasteiger partial charge in [0.1, 0.15) is 11.9 Å². The fourth-order valence-electron chi connectivity index (χ4n) is 1.88. The number of rotatable bonds is 3. The van der Waals surface area contributed by atoms with Crippen LogP contribution < -0.4 is 4.74 Å². The Morgan fingerprint density at radius 2 is 1.79 bits per heavy atom. The van der Waals surface area contributed by atoms with Gasteiger partial charge in [-0.05, 0) is 41.8 Å². The van der Waals surface area contributed by atoms with E-state index in [0.29, 0.717) is 10.8 Å². The lowest BCUT2D eigenvalue weighted by Gasteiger charge is -2.14. The van der Waals surface area contributed by atoms with E-state index in [1.807, 2.05) is 31.2 Å². The second-order valence-electron chi connectivity index (χ2n) is 4.31. The summed E-state index contributed by atoms with van der Waals surface area (Å²) < 4.78 is 6.12. The van der Waals surface area contributed by atoms with E-state index in [1.54, 1.807) is 19.2 Å². The van der Waals surface area contributed by atoms with Crippen molar-refractivity contribution in [2.24, 2.45) is 0 Å². The summed E-state index contributed by atoms with van der Waals surface area (Å²) in [6.07, 6.45) is -0.699. The molecule has 100 valence electrons. The van der Waals surface area contributed by atoms with Crippen LogP contribution in [0, 0.1) is 6.92 Å². The van der Waals surface area contributed by atoms with Crippen molar-refractivity contribution >= 4 is 27.5 Å². The van der Waals surface area contributed by atoms with Crippen LogP contribution in [0.1, 0.15) is 22.8 Å². The topological polar surface area (TPSA) is 29.5 Å². The van der Waals surface area contributed by atoms with Crippen LogP contribution in [0.15, 0.2) is 40.9 Å². The molecule has 0 radical (unpaired) electrons. The first-order valence-corrected chi connectivity index (χ1v) is 6.97. The molecule has 0 aliphatic carbocycles. The maximum absolute atomic E-state index is 10.4. The van der Waals surface area contributed by atoms with E-state index in [-0.39, 0.29) is 0 Å². The molecule has 19 heavy (non-hydrogen) atoms. The Hall–Kier alpha value is -1.03. The molecule has 2 rings (SSSR count). The standard InChI is InChI=1S/C15H14BrClO2/c1-9-7-10(3-5-12(9)16)15(18)11-4-6-14(19-2)13(17)8-11/h3-8,15,18H,1-2H3. The van der Waals surface area contributed by atoms with Crippen LogP contribution >= 0.6 is 27.5 Å². The average Bonchev–Trinajstić information content (AvgIpc) is 2.41. The number of hydrogen-bond donors (Lipinski definition) is 1. The fraction of sp³-hybridized carbons (Fsp3) is 0.200. The van der Waals surface area contributed by atoms with Gasteiger partial charge in [-0.2, -0.15) is 0 Å². The Bertz CT molecular complexity index is 599. The first kappa shape index (κ1) is 14.4. The Kier molecular flexibility index (Phi) is 4.50. The molecule has 0 spiro atoms. The molecule has 0 saturated heterocycles. The van der Waals surface area contributed by atoms with Crippen LogP contribution in [0.5, 0.6) is 5.75 Å². The van der Waals surface area contributed by atoms with E-state index in [1.165, 1.54) is 0 Å². The third kappa shape index (κ3) is 3.11. The summed E-state index contributed by atoms with van der Waals surface area (Å²) in [5.41, 5.74) is 2.66. The zero-order valence-corrected chi connectivity index (χ0v) is 13.0. The van der Waals surface area contributed by atoms with Gasteiger partial charge in [0.15, 0.2) is 0 Å². The van der Waals surface area contributed by atoms with Gasteiger partial charge in [-0.25, -0.2) is 0 Å². The van der Waals surface area contributed by atoms with Crippen LogP contribution in [-0.2, 0) is 0 Å². The number of aliphatic hydroxyl groups is 1. The van der Waals surface area contributed by atoms with E-state index < -0.39 is 6.10 Å². The molecule has 0 aliphatic heterocycles. The molecule has 1 atom stereocenters. The number of halogens is 2. The van der Waals surface area contributed by atoms with Crippen LogP contribution in [-0.4, -0.2) is 12.2 Å². The molecule has 0 fully saturated rings. The van der Waals surface area contributed by atoms with Gasteiger partial charge in [-0.1, -0.05) is 45.7 Å². The molecule has 1 N–H and O–H groups in total. The minimum absolute atomic E-state index is 0.493. The average molecular weight is 342 g/mol. The zero-order valence-electron chi connectivity index (χ0n) is 10.7. The normalized spacial score (nSPS) is 12.3. The molecule has 0 heterocycles. The minimum atomic E-state index is -0.699. The number of benzene rings is 2. The van der Waals surface area contributed by atoms with Gasteiger partial charge in [0.05, 0.1) is 12.1 Å². The van der Waals surface area contributed by atoms with Crippen molar-refractivity contribution in [2.45, 2.75) is 13.0 Å². The molecule has 0 amide bonds. The van der Waals surface area contributed by atoms with Crippen LogP contribution in [0.25, 0.3) is 0 Å². The maximum atomic E-state index is 10.4. The van der Waals surface area contributed by atoms with Gasteiger partial charge in [0.2, 0.25) is 0 Å². The minimum Gasteiger partial charge on any atom is -0.495 e. The van der Waals surface area contributed by atoms with Crippen molar-refractivity contribution in [1.29, 1.82) is 0 Å². The number of hydrogen-bond acceptors (Lipinski definition) is 2. The summed E-state index contributed by atoms with van der Waals surface area (Å²) >= 11 is 9.52. The third-order valence-corrected chi connectivity index (χ3v) is 4.17. The Morgan fingerprint density at radius 1 is 1.16 bits per heavy atom. The van der Waals surface area contributed by atoms with Crippen molar-refractivity contribution in [3.8, 4) is 5.75 Å². The van der Waals surface area contributed by atoms with Crippen LogP contribution in [0.3, 0.4) is 0 Å². The van der Waals surface area contributed by atoms with Crippen molar-refractivity contribution in [1.82, 2.24) is 0 Å². The molecule has 2 nitrogen and oxygen atoms in total. The van der Waals surface area contributed by atoms with Crippen molar-refractivity contribution in [3.63, 3.8) is 0 Å². The monoisotopic (exact) mass is 340 g/mol. The summed E-state index contributed by atoms with van der Waals surface area (Å²) in [5, 5.41) is 10.9. The molecule has 4 heteroatoms. The predicted octanol–water partition coefficient (Wildman–Crippen LogP) is 4.50. The molecule has 0 saturated carbocycles. The highest BCUT2D eigenvalue weighted by Gasteiger charge is 2.13. The van der Waals surface area contributed by atoms with E-state index >= 15 is 0 Å². The molecule has 2 aromatic carbocycles. The second-order valence-corrected chi connectivity index (χ2v) is 5.57. The highest BCUT2D eigenvalue weighted by atomic mass is 79.9. The lowest BCUT2D eigenvalue weighted by atomic mass is 10.00. The fourth-order valence-corrected chi connectivity index (χ4v) is 2.40. The quantitative estimate of drug-likeness (QED) is 0.890. The van der Waals surface area contributed by atoms with Crippen molar-refractivity contribution < 1.29 is 9.84 Å². The summed E-state index contributed by atoms with van der Waals surface area (Å²) in [6, 6.07) is 11.1. The molecular formula is C15H14BrClO2. The maximum Gasteiger partial charge on any atom is 0.137 e. The molecule has 0 aromatic heterocycles. The number of aliphatic hydroxyl groups excluding tert-OH is 1. The smallest absolute Gasteiger partial charge is 0.137 e. The lowest BCUT2D eigenvalue weighted by molar-refractivity contribution is 0.220. The summed E-state index contributed by atoms with van der Waals surface area (Å²) in [4.78, 5) is 0. The lowest BCUT2D eigenvalue weighted by Crippen LogP contribution is -2.00. The van der Waals surface area contributed by atoms with Crippen LogP contribution in [0.2, 0.25) is 5.02 Å². The van der Waals surface area contributed by atoms with E-state index in [2.05, 4.69) is 15.9 Å². The Morgan fingerprint density at radius 3 is 2.37 bits per heavy atom. The molecule has 1 unspecified atom stereocenters.